The number of rotatable bonds is 6. The molecule has 0 amide bonds. The monoisotopic (exact) mass is 386 g/mol. The molecule has 0 unspecified atom stereocenters. The molecule has 0 heterocycles. The molecule has 0 aliphatic heterocycles. The number of ether oxygens (including phenoxy) is 3. The van der Waals surface area contributed by atoms with Crippen molar-refractivity contribution in [1.29, 1.82) is 0 Å². The molecule has 5 heteroatoms. The lowest BCUT2D eigenvalue weighted by molar-refractivity contribution is 0.458. The van der Waals surface area contributed by atoms with Crippen molar-refractivity contribution in [2.45, 2.75) is 0 Å². The van der Waals surface area contributed by atoms with Crippen LogP contribution >= 0.6 is 0 Å². The maximum Gasteiger partial charge on any atom is 0.127 e. The van der Waals surface area contributed by atoms with Crippen LogP contribution in [-0.4, -0.2) is 10.2 Å². The molecule has 0 aromatic heterocycles. The third-order valence-electron chi connectivity index (χ3n) is 4.03. The van der Waals surface area contributed by atoms with Gasteiger partial charge < -0.3 is 24.4 Å². The second-order valence-electron chi connectivity index (χ2n) is 6.24. The molecule has 4 aromatic rings. The Morgan fingerprint density at radius 2 is 0.483 bits per heavy atom. The molecular formula is C24H18O5. The fourth-order valence-corrected chi connectivity index (χ4v) is 2.59. The molecule has 4 aromatic carbocycles. The molecule has 0 aliphatic carbocycles. The zero-order chi connectivity index (χ0) is 20.1. The quantitative estimate of drug-likeness (QED) is 0.397. The van der Waals surface area contributed by atoms with Gasteiger partial charge in [-0.3, -0.25) is 0 Å². The highest BCUT2D eigenvalue weighted by molar-refractivity contribution is 5.41. The Bertz CT molecular complexity index is 965. The van der Waals surface area contributed by atoms with Crippen LogP contribution in [0.3, 0.4) is 0 Å². The summed E-state index contributed by atoms with van der Waals surface area (Å²) in [4.78, 5) is 0. The topological polar surface area (TPSA) is 68.2 Å². The van der Waals surface area contributed by atoms with Crippen molar-refractivity contribution >= 4 is 0 Å². The molecule has 0 fully saturated rings. The molecule has 29 heavy (non-hydrogen) atoms. The Morgan fingerprint density at radius 1 is 0.310 bits per heavy atom. The van der Waals surface area contributed by atoms with Gasteiger partial charge in [0.1, 0.15) is 46.0 Å². The normalized spacial score (nSPS) is 10.3. The summed E-state index contributed by atoms with van der Waals surface area (Å²) < 4.78 is 17.3. The van der Waals surface area contributed by atoms with E-state index in [4.69, 9.17) is 14.2 Å². The minimum atomic E-state index is 0.195. The highest BCUT2D eigenvalue weighted by atomic mass is 16.5. The maximum atomic E-state index is 9.31. The van der Waals surface area contributed by atoms with E-state index in [2.05, 4.69) is 0 Å². The standard InChI is InChI=1S/C24H18O5/c25-17-1-5-19(6-2-17)27-21-9-13-23(14-10-21)29-24-15-11-22(12-16-24)28-20-7-3-18(26)4-8-20/h1-16,25-26H. The van der Waals surface area contributed by atoms with Gasteiger partial charge in [0.25, 0.3) is 0 Å². The minimum Gasteiger partial charge on any atom is -0.508 e. The third-order valence-corrected chi connectivity index (χ3v) is 4.03. The molecule has 0 radical (unpaired) electrons. The van der Waals surface area contributed by atoms with Crippen molar-refractivity contribution in [1.82, 2.24) is 0 Å². The molecule has 0 atom stereocenters. The minimum absolute atomic E-state index is 0.195. The molecule has 5 nitrogen and oxygen atoms in total. The second kappa shape index (κ2) is 8.27. The summed E-state index contributed by atoms with van der Waals surface area (Å²) >= 11 is 0. The molecule has 0 aliphatic rings. The average molecular weight is 386 g/mol. The summed E-state index contributed by atoms with van der Waals surface area (Å²) in [6, 6.07) is 27.6. The van der Waals surface area contributed by atoms with E-state index in [9.17, 15) is 10.2 Å². The van der Waals surface area contributed by atoms with Gasteiger partial charge in [-0.1, -0.05) is 0 Å². The van der Waals surface area contributed by atoms with Gasteiger partial charge in [-0.2, -0.15) is 0 Å². The Kier molecular flexibility index (Phi) is 5.21. The number of aromatic hydroxyl groups is 2. The maximum absolute atomic E-state index is 9.31. The number of phenols is 2. The summed E-state index contributed by atoms with van der Waals surface area (Å²) in [7, 11) is 0. The van der Waals surface area contributed by atoms with Gasteiger partial charge in [-0.05, 0) is 97.1 Å². The van der Waals surface area contributed by atoms with E-state index >= 15 is 0 Å². The molecule has 0 spiro atoms. The highest BCUT2D eigenvalue weighted by Gasteiger charge is 2.02. The lowest BCUT2D eigenvalue weighted by atomic mass is 10.3. The summed E-state index contributed by atoms with van der Waals surface area (Å²) in [5.74, 6) is 4.36. The fourth-order valence-electron chi connectivity index (χ4n) is 2.59. The zero-order valence-electron chi connectivity index (χ0n) is 15.4. The molecule has 0 saturated heterocycles. The van der Waals surface area contributed by atoms with Crippen molar-refractivity contribution in [3.63, 3.8) is 0 Å². The van der Waals surface area contributed by atoms with Crippen LogP contribution in [0.2, 0.25) is 0 Å². The molecule has 0 saturated carbocycles. The van der Waals surface area contributed by atoms with E-state index in [1.165, 1.54) is 0 Å². The summed E-state index contributed by atoms with van der Waals surface area (Å²) in [6.07, 6.45) is 0. The molecular weight excluding hydrogens is 368 g/mol. The smallest absolute Gasteiger partial charge is 0.127 e. The van der Waals surface area contributed by atoms with Crippen LogP contribution in [0.5, 0.6) is 46.0 Å². The zero-order valence-corrected chi connectivity index (χ0v) is 15.4. The van der Waals surface area contributed by atoms with Crippen molar-refractivity contribution in [3.8, 4) is 46.0 Å². The summed E-state index contributed by atoms with van der Waals surface area (Å²) in [6.45, 7) is 0. The first-order chi connectivity index (χ1) is 14.1. The van der Waals surface area contributed by atoms with E-state index < -0.39 is 0 Å². The van der Waals surface area contributed by atoms with Crippen molar-refractivity contribution in [2.24, 2.45) is 0 Å². The first-order valence-corrected chi connectivity index (χ1v) is 8.96. The van der Waals surface area contributed by atoms with E-state index in [-0.39, 0.29) is 11.5 Å². The van der Waals surface area contributed by atoms with Gasteiger partial charge in [-0.25, -0.2) is 0 Å². The fraction of sp³-hybridized carbons (Fsp3) is 0. The van der Waals surface area contributed by atoms with Crippen molar-refractivity contribution in [2.75, 3.05) is 0 Å². The number of hydrogen-bond donors (Lipinski definition) is 2. The third kappa shape index (κ3) is 4.99. The van der Waals surface area contributed by atoms with Gasteiger partial charge in [0.2, 0.25) is 0 Å². The van der Waals surface area contributed by atoms with Gasteiger partial charge in [0.05, 0.1) is 0 Å². The number of hydrogen-bond acceptors (Lipinski definition) is 5. The van der Waals surface area contributed by atoms with Crippen LogP contribution in [-0.2, 0) is 0 Å². The summed E-state index contributed by atoms with van der Waals surface area (Å²) in [5.41, 5.74) is 0. The largest absolute Gasteiger partial charge is 0.508 e. The first-order valence-electron chi connectivity index (χ1n) is 8.96. The van der Waals surface area contributed by atoms with E-state index in [0.29, 0.717) is 34.5 Å². The van der Waals surface area contributed by atoms with Gasteiger partial charge in [-0.15, -0.1) is 0 Å². The average Bonchev–Trinajstić information content (AvgIpc) is 2.74. The predicted octanol–water partition coefficient (Wildman–Crippen LogP) is 6.47. The van der Waals surface area contributed by atoms with Crippen LogP contribution in [0, 0.1) is 0 Å². The SMILES string of the molecule is Oc1ccc(Oc2ccc(Oc3ccc(Oc4ccc(O)cc4)cc3)cc2)cc1. The number of benzene rings is 4. The van der Waals surface area contributed by atoms with Crippen LogP contribution in [0.4, 0.5) is 0 Å². The lowest BCUT2D eigenvalue weighted by Gasteiger charge is -2.10. The van der Waals surface area contributed by atoms with Gasteiger partial charge in [0.15, 0.2) is 0 Å². The second-order valence-corrected chi connectivity index (χ2v) is 6.24. The molecule has 2 N–H and O–H groups in total. The predicted molar refractivity (Wildman–Crippen MR) is 109 cm³/mol. The van der Waals surface area contributed by atoms with Crippen LogP contribution in [0.15, 0.2) is 97.1 Å². The molecule has 4 rings (SSSR count). The number of phenolic OH excluding ortho intramolecular Hbond substituents is 2. The Labute approximate surface area is 168 Å². The highest BCUT2D eigenvalue weighted by Crippen LogP contribution is 2.29. The Balaban J connectivity index is 1.36. The molecule has 144 valence electrons. The van der Waals surface area contributed by atoms with Crippen LogP contribution < -0.4 is 14.2 Å². The van der Waals surface area contributed by atoms with Crippen LogP contribution in [0.25, 0.3) is 0 Å². The van der Waals surface area contributed by atoms with Crippen LogP contribution in [0.1, 0.15) is 0 Å². The lowest BCUT2D eigenvalue weighted by Crippen LogP contribution is -1.87. The van der Waals surface area contributed by atoms with Crippen molar-refractivity contribution < 1.29 is 24.4 Å². The van der Waals surface area contributed by atoms with E-state index in [0.717, 1.165) is 0 Å². The Hall–Kier alpha value is -4.12. The van der Waals surface area contributed by atoms with E-state index in [1.807, 2.05) is 48.5 Å². The Morgan fingerprint density at radius 3 is 0.690 bits per heavy atom. The van der Waals surface area contributed by atoms with Gasteiger partial charge >= 0.3 is 0 Å². The first kappa shape index (κ1) is 18.3. The van der Waals surface area contributed by atoms with Crippen molar-refractivity contribution in [3.05, 3.63) is 97.1 Å². The summed E-state index contributed by atoms with van der Waals surface area (Å²) in [5, 5.41) is 18.6. The van der Waals surface area contributed by atoms with Gasteiger partial charge in [0, 0.05) is 0 Å². The molecule has 0 bridgehead atoms. The van der Waals surface area contributed by atoms with E-state index in [1.54, 1.807) is 48.5 Å².